The number of benzene rings is 1. The van der Waals surface area contributed by atoms with Crippen LogP contribution in [0.25, 0.3) is 0 Å². The molecule has 1 saturated carbocycles. The van der Waals surface area contributed by atoms with E-state index in [1.807, 2.05) is 12.1 Å². The average molecular weight is 395 g/mol. The smallest absolute Gasteiger partial charge is 0.240 e. The Morgan fingerprint density at radius 2 is 1.78 bits per heavy atom. The normalized spacial score (nSPS) is 17.3. The highest BCUT2D eigenvalue weighted by atomic mass is 32.2. The maximum atomic E-state index is 11.8. The maximum absolute atomic E-state index is 11.8. The molecule has 7 heteroatoms. The lowest BCUT2D eigenvalue weighted by molar-refractivity contribution is 0.235. The fourth-order valence-electron chi connectivity index (χ4n) is 4.03. The van der Waals surface area contributed by atoms with Crippen LogP contribution in [0.4, 0.5) is 0 Å². The van der Waals surface area contributed by atoms with Gasteiger partial charge in [-0.1, -0.05) is 38.8 Å². The molecule has 27 heavy (non-hydrogen) atoms. The van der Waals surface area contributed by atoms with Crippen LogP contribution in [-0.2, 0) is 16.6 Å². The van der Waals surface area contributed by atoms with Gasteiger partial charge in [0.25, 0.3) is 0 Å². The molecule has 0 heterocycles. The van der Waals surface area contributed by atoms with Gasteiger partial charge in [0.05, 0.1) is 4.90 Å². The SMILES string of the molecule is CN=C(NCc1ccc(S(=O)(=O)NC)cc1)NCC1(CC(C)C)CCCC1. The Labute approximate surface area is 164 Å². The molecule has 6 nitrogen and oxygen atoms in total. The molecule has 1 aromatic carbocycles. The number of rotatable bonds is 8. The van der Waals surface area contributed by atoms with Crippen molar-refractivity contribution < 1.29 is 8.42 Å². The molecule has 1 aromatic rings. The van der Waals surface area contributed by atoms with E-state index in [-0.39, 0.29) is 4.90 Å². The molecule has 1 fully saturated rings. The summed E-state index contributed by atoms with van der Waals surface area (Å²) in [5, 5.41) is 6.83. The summed E-state index contributed by atoms with van der Waals surface area (Å²) in [5.74, 6) is 1.49. The molecule has 0 unspecified atom stereocenters. The van der Waals surface area contributed by atoms with Crippen LogP contribution >= 0.6 is 0 Å². The van der Waals surface area contributed by atoms with Crippen LogP contribution in [0, 0.1) is 11.3 Å². The van der Waals surface area contributed by atoms with E-state index in [1.165, 1.54) is 39.2 Å². The molecule has 2 rings (SSSR count). The highest BCUT2D eigenvalue weighted by Crippen LogP contribution is 2.42. The first kappa shape index (κ1) is 21.7. The first-order valence-corrected chi connectivity index (χ1v) is 11.3. The summed E-state index contributed by atoms with van der Waals surface area (Å²) in [4.78, 5) is 4.60. The topological polar surface area (TPSA) is 82.6 Å². The van der Waals surface area contributed by atoms with Crippen molar-refractivity contribution in [3.63, 3.8) is 0 Å². The third-order valence-corrected chi connectivity index (χ3v) is 6.75. The van der Waals surface area contributed by atoms with Crippen molar-refractivity contribution in [3.8, 4) is 0 Å². The number of sulfonamides is 1. The van der Waals surface area contributed by atoms with Gasteiger partial charge in [0, 0.05) is 20.1 Å². The molecule has 0 atom stereocenters. The third-order valence-electron chi connectivity index (χ3n) is 5.32. The van der Waals surface area contributed by atoms with Crippen molar-refractivity contribution in [2.75, 3.05) is 20.6 Å². The fraction of sp³-hybridized carbons (Fsp3) is 0.650. The van der Waals surface area contributed by atoms with Crippen LogP contribution in [0.15, 0.2) is 34.2 Å². The summed E-state index contributed by atoms with van der Waals surface area (Å²) in [6.07, 6.45) is 6.47. The number of hydrogen-bond acceptors (Lipinski definition) is 3. The van der Waals surface area contributed by atoms with Crippen molar-refractivity contribution in [1.82, 2.24) is 15.4 Å². The van der Waals surface area contributed by atoms with Crippen LogP contribution in [0.5, 0.6) is 0 Å². The predicted octanol–water partition coefficient (Wildman–Crippen LogP) is 2.87. The van der Waals surface area contributed by atoms with Gasteiger partial charge in [0.1, 0.15) is 0 Å². The zero-order chi connectivity index (χ0) is 19.9. The second kappa shape index (κ2) is 9.55. The van der Waals surface area contributed by atoms with E-state index in [0.717, 1.165) is 18.1 Å². The maximum Gasteiger partial charge on any atom is 0.240 e. The fourth-order valence-corrected chi connectivity index (χ4v) is 4.76. The number of hydrogen-bond donors (Lipinski definition) is 3. The number of guanidine groups is 1. The quantitative estimate of drug-likeness (QED) is 0.468. The molecular formula is C20H34N4O2S. The zero-order valence-corrected chi connectivity index (χ0v) is 17.8. The van der Waals surface area contributed by atoms with Gasteiger partial charge >= 0.3 is 0 Å². The number of aliphatic imine (C=N–C) groups is 1. The number of nitrogens with one attached hydrogen (secondary N) is 3. The van der Waals surface area contributed by atoms with Crippen molar-refractivity contribution in [2.45, 2.75) is 57.4 Å². The summed E-state index contributed by atoms with van der Waals surface area (Å²) in [6.45, 7) is 6.14. The minimum absolute atomic E-state index is 0.271. The monoisotopic (exact) mass is 394 g/mol. The minimum atomic E-state index is -3.39. The molecule has 0 aliphatic heterocycles. The predicted molar refractivity (Wildman–Crippen MR) is 111 cm³/mol. The van der Waals surface area contributed by atoms with Crippen LogP contribution in [-0.4, -0.2) is 35.0 Å². The Hall–Kier alpha value is -1.60. The van der Waals surface area contributed by atoms with E-state index in [2.05, 4.69) is 34.2 Å². The van der Waals surface area contributed by atoms with E-state index in [9.17, 15) is 8.42 Å². The Kier molecular flexibility index (Phi) is 7.68. The van der Waals surface area contributed by atoms with Gasteiger partial charge in [-0.2, -0.15) is 0 Å². The van der Waals surface area contributed by atoms with Gasteiger partial charge in [-0.15, -0.1) is 0 Å². The van der Waals surface area contributed by atoms with Gasteiger partial charge in [0.15, 0.2) is 5.96 Å². The lowest BCUT2D eigenvalue weighted by atomic mass is 9.78. The average Bonchev–Trinajstić information content (AvgIpc) is 3.10. The van der Waals surface area contributed by atoms with E-state index in [4.69, 9.17) is 0 Å². The lowest BCUT2D eigenvalue weighted by Crippen LogP contribution is -2.43. The largest absolute Gasteiger partial charge is 0.356 e. The molecule has 1 aliphatic carbocycles. The van der Waals surface area contributed by atoms with Crippen molar-refractivity contribution in [3.05, 3.63) is 29.8 Å². The van der Waals surface area contributed by atoms with Crippen LogP contribution < -0.4 is 15.4 Å². The van der Waals surface area contributed by atoms with E-state index >= 15 is 0 Å². The first-order valence-electron chi connectivity index (χ1n) is 9.77. The van der Waals surface area contributed by atoms with E-state index in [0.29, 0.717) is 17.9 Å². The summed E-state index contributed by atoms with van der Waals surface area (Å²) in [7, 11) is -0.199. The summed E-state index contributed by atoms with van der Waals surface area (Å²) in [5.41, 5.74) is 1.39. The summed E-state index contributed by atoms with van der Waals surface area (Å²) in [6, 6.07) is 6.88. The zero-order valence-electron chi connectivity index (χ0n) is 17.0. The molecule has 0 amide bonds. The van der Waals surface area contributed by atoms with Crippen LogP contribution in [0.2, 0.25) is 0 Å². The molecule has 3 N–H and O–H groups in total. The third kappa shape index (κ3) is 6.21. The highest BCUT2D eigenvalue weighted by molar-refractivity contribution is 7.89. The van der Waals surface area contributed by atoms with Crippen LogP contribution in [0.3, 0.4) is 0 Å². The second-order valence-corrected chi connectivity index (χ2v) is 9.82. The van der Waals surface area contributed by atoms with Gasteiger partial charge in [0.2, 0.25) is 10.0 Å². The molecule has 0 radical (unpaired) electrons. The molecule has 152 valence electrons. The molecule has 1 aliphatic rings. The van der Waals surface area contributed by atoms with Crippen LogP contribution in [0.1, 0.15) is 51.5 Å². The Bertz CT molecular complexity index is 721. The number of nitrogens with zero attached hydrogens (tertiary/aromatic N) is 1. The second-order valence-electron chi connectivity index (χ2n) is 7.94. The minimum Gasteiger partial charge on any atom is -0.356 e. The first-order chi connectivity index (χ1) is 12.8. The standard InChI is InChI=1S/C20H34N4O2S/c1-16(2)13-20(11-5-6-12-20)15-24-19(21-3)23-14-17-7-9-18(10-8-17)27(25,26)22-4/h7-10,16,22H,5-6,11-15H2,1-4H3,(H2,21,23,24). The molecule has 0 aromatic heterocycles. The van der Waals surface area contributed by atoms with Crippen molar-refractivity contribution in [1.29, 1.82) is 0 Å². The lowest BCUT2D eigenvalue weighted by Gasteiger charge is -2.32. The molecule has 0 saturated heterocycles. The van der Waals surface area contributed by atoms with Gasteiger partial charge in [-0.25, -0.2) is 13.1 Å². The van der Waals surface area contributed by atoms with Crippen molar-refractivity contribution in [2.24, 2.45) is 16.3 Å². The van der Waals surface area contributed by atoms with Gasteiger partial charge in [-0.3, -0.25) is 4.99 Å². The summed E-state index contributed by atoms with van der Waals surface area (Å²) >= 11 is 0. The van der Waals surface area contributed by atoms with E-state index < -0.39 is 10.0 Å². The van der Waals surface area contributed by atoms with Gasteiger partial charge in [-0.05, 0) is 55.3 Å². The summed E-state index contributed by atoms with van der Waals surface area (Å²) < 4.78 is 25.9. The Morgan fingerprint density at radius 1 is 1.15 bits per heavy atom. The molecule has 0 bridgehead atoms. The van der Waals surface area contributed by atoms with Gasteiger partial charge < -0.3 is 10.6 Å². The highest BCUT2D eigenvalue weighted by Gasteiger charge is 2.34. The Morgan fingerprint density at radius 3 is 2.30 bits per heavy atom. The Balaban J connectivity index is 1.90. The molecule has 0 spiro atoms. The molecular weight excluding hydrogens is 360 g/mol. The van der Waals surface area contributed by atoms with Crippen molar-refractivity contribution >= 4 is 16.0 Å². The van der Waals surface area contributed by atoms with E-state index in [1.54, 1.807) is 19.2 Å².